The lowest BCUT2D eigenvalue weighted by molar-refractivity contribution is -0.192. The van der Waals surface area contributed by atoms with Crippen molar-refractivity contribution in [2.75, 3.05) is 13.1 Å². The lowest BCUT2D eigenvalue weighted by Crippen LogP contribution is -2.48. The van der Waals surface area contributed by atoms with E-state index in [9.17, 15) is 22.8 Å². The number of carboxylic acid groups (broad SMARTS) is 1. The van der Waals surface area contributed by atoms with Gasteiger partial charge in [-0.15, -0.1) is 0 Å². The van der Waals surface area contributed by atoms with Crippen LogP contribution in [0.3, 0.4) is 0 Å². The van der Waals surface area contributed by atoms with Crippen molar-refractivity contribution in [3.05, 3.63) is 26.5 Å². The van der Waals surface area contributed by atoms with Crippen molar-refractivity contribution in [1.29, 1.82) is 0 Å². The molecule has 1 saturated heterocycles. The molecule has 3 rings (SSSR count). The van der Waals surface area contributed by atoms with Crippen LogP contribution in [0.1, 0.15) is 58.8 Å². The number of rotatable bonds is 2. The fourth-order valence-electron chi connectivity index (χ4n) is 3.84. The minimum Gasteiger partial charge on any atom is -0.475 e. The highest BCUT2D eigenvalue weighted by Crippen LogP contribution is 2.41. The molecule has 0 aromatic carbocycles. The molecule has 0 bridgehead atoms. The summed E-state index contributed by atoms with van der Waals surface area (Å²) in [4.78, 5) is 35.9. The van der Waals surface area contributed by atoms with E-state index in [1.807, 2.05) is 13.8 Å². The predicted molar refractivity (Wildman–Crippen MR) is 99.1 cm³/mol. The Bertz CT molecular complexity index is 865. The van der Waals surface area contributed by atoms with Crippen molar-refractivity contribution < 1.29 is 23.1 Å². The van der Waals surface area contributed by atoms with Crippen LogP contribution in [0.5, 0.6) is 0 Å². The van der Waals surface area contributed by atoms with Crippen molar-refractivity contribution in [3.63, 3.8) is 0 Å². The molecule has 1 spiro atoms. The lowest BCUT2D eigenvalue weighted by Gasteiger charge is -2.40. The van der Waals surface area contributed by atoms with Gasteiger partial charge in [0.1, 0.15) is 5.82 Å². The fourth-order valence-corrected chi connectivity index (χ4v) is 3.84. The third-order valence-corrected chi connectivity index (χ3v) is 5.60. The molecule has 164 valence electrons. The van der Waals surface area contributed by atoms with Gasteiger partial charge in [0.25, 0.3) is 0 Å². The smallest absolute Gasteiger partial charge is 0.475 e. The molecule has 3 heterocycles. The molecule has 0 aliphatic carbocycles. The first-order valence-electron chi connectivity index (χ1n) is 9.58. The highest BCUT2D eigenvalue weighted by Gasteiger charge is 2.44. The van der Waals surface area contributed by atoms with E-state index in [2.05, 4.69) is 23.8 Å². The molecule has 1 aromatic rings. The van der Waals surface area contributed by atoms with Crippen molar-refractivity contribution in [3.8, 4) is 0 Å². The molecule has 2 aliphatic heterocycles. The number of carbonyl (C=O) groups is 1. The predicted octanol–water partition coefficient (Wildman–Crippen LogP) is 1.76. The number of hydrogen-bond acceptors (Lipinski definition) is 5. The van der Waals surface area contributed by atoms with Gasteiger partial charge in [0.2, 0.25) is 0 Å². The second-order valence-electron chi connectivity index (χ2n) is 8.09. The number of hydrogen-bond donors (Lipinski definition) is 1. The number of halogens is 3. The van der Waals surface area contributed by atoms with Gasteiger partial charge < -0.3 is 10.0 Å². The van der Waals surface area contributed by atoms with Crippen LogP contribution < -0.4 is 11.1 Å². The van der Waals surface area contributed by atoms with Gasteiger partial charge in [-0.05, 0) is 60.0 Å². The van der Waals surface area contributed by atoms with Gasteiger partial charge in [-0.25, -0.2) is 9.48 Å². The van der Waals surface area contributed by atoms with E-state index in [4.69, 9.17) is 9.90 Å². The van der Waals surface area contributed by atoms with Crippen LogP contribution >= 0.6 is 0 Å². The third kappa shape index (κ3) is 4.71. The number of fused-ring (bicyclic) bond motifs is 2. The molecule has 8 nitrogen and oxygen atoms in total. The van der Waals surface area contributed by atoms with Crippen LogP contribution in [-0.2, 0) is 16.8 Å². The fraction of sp³-hybridized carbons (Fsp3) is 0.778. The first kappa shape index (κ1) is 23.1. The van der Waals surface area contributed by atoms with Gasteiger partial charge in [-0.3, -0.25) is 14.2 Å². The van der Waals surface area contributed by atoms with Gasteiger partial charge in [0, 0.05) is 18.0 Å². The van der Waals surface area contributed by atoms with E-state index in [1.54, 1.807) is 4.57 Å². The average Bonchev–Trinajstić information content (AvgIpc) is 2.96. The van der Waals surface area contributed by atoms with Gasteiger partial charge in [0.05, 0.1) is 6.04 Å². The topological polar surface area (TPSA) is 97.4 Å². The number of likely N-dealkylation sites (tertiary alicyclic amines) is 1. The van der Waals surface area contributed by atoms with Crippen molar-refractivity contribution >= 4 is 5.97 Å². The largest absolute Gasteiger partial charge is 0.490 e. The maximum Gasteiger partial charge on any atom is 0.490 e. The van der Waals surface area contributed by atoms with E-state index in [-0.39, 0.29) is 11.5 Å². The third-order valence-electron chi connectivity index (χ3n) is 5.60. The van der Waals surface area contributed by atoms with Crippen LogP contribution in [0.15, 0.2) is 9.59 Å². The van der Waals surface area contributed by atoms with Gasteiger partial charge in [-0.1, -0.05) is 0 Å². The summed E-state index contributed by atoms with van der Waals surface area (Å²) < 4.78 is 34.7. The Morgan fingerprint density at radius 2 is 1.48 bits per heavy atom. The van der Waals surface area contributed by atoms with Gasteiger partial charge in [-0.2, -0.15) is 18.3 Å². The monoisotopic (exact) mass is 420 g/mol. The first-order chi connectivity index (χ1) is 13.3. The van der Waals surface area contributed by atoms with E-state index < -0.39 is 23.3 Å². The highest BCUT2D eigenvalue weighted by molar-refractivity contribution is 5.73. The van der Waals surface area contributed by atoms with Crippen LogP contribution in [0.2, 0.25) is 0 Å². The van der Waals surface area contributed by atoms with Crippen molar-refractivity contribution in [2.24, 2.45) is 0 Å². The molecule has 0 radical (unpaired) electrons. The summed E-state index contributed by atoms with van der Waals surface area (Å²) in [5.74, 6) is -1.92. The number of carboxylic acids is 1. The number of alkyl halides is 3. The second-order valence-corrected chi connectivity index (χ2v) is 8.09. The quantitative estimate of drug-likeness (QED) is 0.733. The standard InChI is InChI=1S/C16H26N4O2.C2HF3O2/c1-11(2)18-8-5-16(6-9-18)7-10-19-13(21)14(22)20(12(3)4)17-15(16)19;3-2(4,5)1(6)7/h11-12H,5-10H2,1-4H3;(H,6,7). The first-order valence-corrected chi connectivity index (χ1v) is 9.58. The molecule has 1 N–H and O–H groups in total. The summed E-state index contributed by atoms with van der Waals surface area (Å²) in [6.07, 6.45) is -2.11. The van der Waals surface area contributed by atoms with Crippen LogP contribution in [0, 0.1) is 0 Å². The molecule has 29 heavy (non-hydrogen) atoms. The summed E-state index contributed by atoms with van der Waals surface area (Å²) in [5, 5.41) is 11.7. The van der Waals surface area contributed by atoms with Crippen LogP contribution in [0.25, 0.3) is 0 Å². The summed E-state index contributed by atoms with van der Waals surface area (Å²) in [5.41, 5.74) is -0.910. The van der Waals surface area contributed by atoms with Crippen molar-refractivity contribution in [1.82, 2.24) is 19.2 Å². The van der Waals surface area contributed by atoms with Crippen LogP contribution in [0.4, 0.5) is 13.2 Å². The van der Waals surface area contributed by atoms with E-state index in [1.165, 1.54) is 4.68 Å². The number of nitrogens with zero attached hydrogens (tertiary/aromatic N) is 4. The molecule has 1 aromatic heterocycles. The van der Waals surface area contributed by atoms with E-state index in [0.29, 0.717) is 12.6 Å². The Balaban J connectivity index is 0.000000370. The zero-order valence-corrected chi connectivity index (χ0v) is 17.0. The van der Waals surface area contributed by atoms with Gasteiger partial charge in [0.15, 0.2) is 0 Å². The zero-order chi connectivity index (χ0) is 22.1. The number of piperidine rings is 1. The average molecular weight is 420 g/mol. The molecule has 0 unspecified atom stereocenters. The molecule has 2 aliphatic rings. The zero-order valence-electron chi connectivity index (χ0n) is 17.0. The number of aromatic nitrogens is 3. The lowest BCUT2D eigenvalue weighted by atomic mass is 9.76. The molecule has 0 atom stereocenters. The normalized spacial score (nSPS) is 18.7. The Hall–Kier alpha value is -2.17. The molecule has 1 fully saturated rings. The molecule has 0 saturated carbocycles. The maximum atomic E-state index is 12.4. The highest BCUT2D eigenvalue weighted by atomic mass is 19.4. The van der Waals surface area contributed by atoms with Gasteiger partial charge >= 0.3 is 23.3 Å². The minimum absolute atomic E-state index is 0.0190. The second kappa shape index (κ2) is 8.29. The maximum absolute atomic E-state index is 12.4. The summed E-state index contributed by atoms with van der Waals surface area (Å²) >= 11 is 0. The van der Waals surface area contributed by atoms with E-state index >= 15 is 0 Å². The summed E-state index contributed by atoms with van der Waals surface area (Å²) in [6, 6.07) is 0.470. The van der Waals surface area contributed by atoms with E-state index in [0.717, 1.165) is 38.2 Å². The Morgan fingerprint density at radius 3 is 1.90 bits per heavy atom. The minimum atomic E-state index is -5.08. The molecule has 0 amide bonds. The van der Waals surface area contributed by atoms with Crippen molar-refractivity contribution in [2.45, 2.75) is 77.2 Å². The Morgan fingerprint density at radius 1 is 1.00 bits per heavy atom. The van der Waals surface area contributed by atoms with Crippen LogP contribution in [-0.4, -0.2) is 55.6 Å². The molecular formula is C18H27F3N4O4. The SMILES string of the molecule is CC(C)N1CCC2(CC1)CCn1c2nn(C(C)C)c(=O)c1=O.O=C(O)C(F)(F)F. The summed E-state index contributed by atoms with van der Waals surface area (Å²) in [6.45, 7) is 10.9. The number of aliphatic carboxylic acids is 1. The molecule has 11 heteroatoms. The molecular weight excluding hydrogens is 393 g/mol. The Kier molecular flexibility index (Phi) is 6.61. The Labute approximate surface area is 165 Å². The summed E-state index contributed by atoms with van der Waals surface area (Å²) in [7, 11) is 0.